The molecule has 0 bridgehead atoms. The van der Waals surface area contributed by atoms with Gasteiger partial charge in [0.1, 0.15) is 0 Å². The van der Waals surface area contributed by atoms with Gasteiger partial charge in [0.2, 0.25) is 0 Å². The summed E-state index contributed by atoms with van der Waals surface area (Å²) in [4.78, 5) is 22.6. The van der Waals surface area contributed by atoms with E-state index in [-0.39, 0.29) is 11.3 Å². The Labute approximate surface area is 118 Å². The van der Waals surface area contributed by atoms with E-state index in [1.165, 1.54) is 30.3 Å². The molecule has 0 saturated heterocycles. The van der Waals surface area contributed by atoms with Crippen LogP contribution in [0.15, 0.2) is 42.5 Å². The van der Waals surface area contributed by atoms with Gasteiger partial charge in [-0.2, -0.15) is 0 Å². The van der Waals surface area contributed by atoms with Crippen molar-refractivity contribution in [1.82, 2.24) is 0 Å². The number of anilines is 2. The average Bonchev–Trinajstić information content (AvgIpc) is 2.43. The van der Waals surface area contributed by atoms with Crippen LogP contribution < -0.4 is 16.4 Å². The zero-order valence-electron chi connectivity index (χ0n) is 10.7. The number of carbonyl (C=O) groups is 2. The molecule has 2 aromatic carbocycles. The molecule has 5 nitrogen and oxygen atoms in total. The summed E-state index contributed by atoms with van der Waals surface area (Å²) in [6.45, 7) is 0. The highest BCUT2D eigenvalue weighted by Crippen LogP contribution is 2.15. The first-order valence-electron chi connectivity index (χ1n) is 5.88. The number of hydrogen-bond acceptors (Lipinski definition) is 2. The Hall–Kier alpha value is -2.96. The summed E-state index contributed by atoms with van der Waals surface area (Å²) in [5, 5.41) is 4.78. The summed E-state index contributed by atoms with van der Waals surface area (Å²) in [5.41, 5.74) is 5.82. The van der Waals surface area contributed by atoms with Crippen molar-refractivity contribution in [1.29, 1.82) is 0 Å². The van der Waals surface area contributed by atoms with E-state index >= 15 is 0 Å². The maximum absolute atomic E-state index is 13.0. The third kappa shape index (κ3) is 3.75. The molecule has 7 heteroatoms. The van der Waals surface area contributed by atoms with Crippen LogP contribution in [-0.4, -0.2) is 11.9 Å². The van der Waals surface area contributed by atoms with Crippen molar-refractivity contribution in [2.24, 2.45) is 5.73 Å². The summed E-state index contributed by atoms with van der Waals surface area (Å²) in [6, 6.07) is 8.24. The van der Waals surface area contributed by atoms with Crippen molar-refractivity contribution in [3.05, 3.63) is 59.7 Å². The monoisotopic (exact) mass is 291 g/mol. The average molecular weight is 291 g/mol. The highest BCUT2D eigenvalue weighted by atomic mass is 19.2. The fourth-order valence-electron chi connectivity index (χ4n) is 1.62. The molecule has 2 aromatic rings. The number of nitrogens with one attached hydrogen (secondary N) is 2. The Morgan fingerprint density at radius 3 is 2.05 bits per heavy atom. The van der Waals surface area contributed by atoms with Gasteiger partial charge in [0.25, 0.3) is 5.91 Å². The van der Waals surface area contributed by atoms with E-state index in [1.807, 2.05) is 0 Å². The molecule has 0 saturated carbocycles. The summed E-state index contributed by atoms with van der Waals surface area (Å²) in [5.74, 6) is -2.53. The third-order valence-corrected chi connectivity index (χ3v) is 2.59. The van der Waals surface area contributed by atoms with Crippen LogP contribution in [0.4, 0.5) is 25.0 Å². The van der Waals surface area contributed by atoms with Crippen molar-refractivity contribution >= 4 is 23.3 Å². The van der Waals surface area contributed by atoms with Crippen molar-refractivity contribution in [3.63, 3.8) is 0 Å². The molecular formula is C14H11F2N3O2. The van der Waals surface area contributed by atoms with Crippen molar-refractivity contribution in [3.8, 4) is 0 Å². The number of urea groups is 1. The number of rotatable bonds is 3. The first kappa shape index (κ1) is 14.4. The molecule has 2 rings (SSSR count). The molecule has 0 spiro atoms. The van der Waals surface area contributed by atoms with E-state index in [2.05, 4.69) is 10.6 Å². The minimum absolute atomic E-state index is 0.137. The largest absolute Gasteiger partial charge is 0.351 e. The maximum atomic E-state index is 13.0. The number of carbonyl (C=O) groups excluding carboxylic acids is 2. The Kier molecular flexibility index (Phi) is 4.13. The van der Waals surface area contributed by atoms with Crippen LogP contribution in [0.2, 0.25) is 0 Å². The Morgan fingerprint density at radius 2 is 1.48 bits per heavy atom. The molecule has 21 heavy (non-hydrogen) atoms. The lowest BCUT2D eigenvalue weighted by Crippen LogP contribution is -2.19. The van der Waals surface area contributed by atoms with E-state index in [4.69, 9.17) is 5.73 Å². The molecule has 0 aromatic heterocycles. The van der Waals surface area contributed by atoms with Crippen molar-refractivity contribution in [2.75, 3.05) is 10.6 Å². The molecule has 0 aliphatic carbocycles. The van der Waals surface area contributed by atoms with E-state index < -0.39 is 23.6 Å². The van der Waals surface area contributed by atoms with E-state index in [9.17, 15) is 18.4 Å². The van der Waals surface area contributed by atoms with Crippen molar-refractivity contribution < 1.29 is 18.4 Å². The number of halogens is 2. The van der Waals surface area contributed by atoms with Crippen LogP contribution in [-0.2, 0) is 0 Å². The van der Waals surface area contributed by atoms with Crippen LogP contribution in [0.25, 0.3) is 0 Å². The molecule has 3 amide bonds. The molecule has 108 valence electrons. The number of amides is 3. The maximum Gasteiger partial charge on any atom is 0.316 e. The highest BCUT2D eigenvalue weighted by molar-refractivity contribution is 6.04. The summed E-state index contributed by atoms with van der Waals surface area (Å²) in [6.07, 6.45) is 0. The predicted molar refractivity (Wildman–Crippen MR) is 74.0 cm³/mol. The Bertz CT molecular complexity index is 687. The molecule has 0 fully saturated rings. The van der Waals surface area contributed by atoms with Gasteiger partial charge < -0.3 is 16.4 Å². The van der Waals surface area contributed by atoms with Gasteiger partial charge in [-0.25, -0.2) is 13.6 Å². The zero-order chi connectivity index (χ0) is 15.4. The minimum atomic E-state index is -1.05. The molecular weight excluding hydrogens is 280 g/mol. The molecule has 0 radical (unpaired) electrons. The standard InChI is InChI=1S/C14H11F2N3O2/c15-11-6-5-10(7-12(11)16)18-13(20)8-1-3-9(4-2-8)19-14(17)21/h1-7H,(H,18,20)(H3,17,19,21). The first-order chi connectivity index (χ1) is 9.95. The molecule has 0 heterocycles. The van der Waals surface area contributed by atoms with Crippen LogP contribution in [0.3, 0.4) is 0 Å². The zero-order valence-corrected chi connectivity index (χ0v) is 10.7. The smallest absolute Gasteiger partial charge is 0.316 e. The van der Waals surface area contributed by atoms with Crippen LogP contribution in [0, 0.1) is 11.6 Å². The number of benzene rings is 2. The predicted octanol–water partition coefficient (Wildman–Crippen LogP) is 2.71. The van der Waals surface area contributed by atoms with Gasteiger partial charge in [0, 0.05) is 23.0 Å². The lowest BCUT2D eigenvalue weighted by molar-refractivity contribution is 0.102. The van der Waals surface area contributed by atoms with Crippen LogP contribution >= 0.6 is 0 Å². The van der Waals surface area contributed by atoms with E-state index in [0.29, 0.717) is 5.69 Å². The molecule has 0 atom stereocenters. The lowest BCUT2D eigenvalue weighted by atomic mass is 10.2. The van der Waals surface area contributed by atoms with Crippen molar-refractivity contribution in [2.45, 2.75) is 0 Å². The second-order valence-electron chi connectivity index (χ2n) is 4.15. The van der Waals surface area contributed by atoms with Gasteiger partial charge in [-0.15, -0.1) is 0 Å². The molecule has 0 aliphatic heterocycles. The molecule has 0 unspecified atom stereocenters. The van der Waals surface area contributed by atoms with Crippen LogP contribution in [0.5, 0.6) is 0 Å². The second kappa shape index (κ2) is 6.00. The molecule has 0 aliphatic rings. The highest BCUT2D eigenvalue weighted by Gasteiger charge is 2.08. The topological polar surface area (TPSA) is 84.2 Å². The Morgan fingerprint density at radius 1 is 0.857 bits per heavy atom. The summed E-state index contributed by atoms with van der Waals surface area (Å²) >= 11 is 0. The number of hydrogen-bond donors (Lipinski definition) is 3. The Balaban J connectivity index is 2.09. The molecule has 4 N–H and O–H groups in total. The van der Waals surface area contributed by atoms with Gasteiger partial charge in [-0.3, -0.25) is 4.79 Å². The van der Waals surface area contributed by atoms with Gasteiger partial charge in [-0.05, 0) is 36.4 Å². The summed E-state index contributed by atoms with van der Waals surface area (Å²) < 4.78 is 25.8. The first-order valence-corrected chi connectivity index (χ1v) is 5.88. The summed E-state index contributed by atoms with van der Waals surface area (Å²) in [7, 11) is 0. The fraction of sp³-hybridized carbons (Fsp3) is 0. The van der Waals surface area contributed by atoms with Gasteiger partial charge in [0.15, 0.2) is 11.6 Å². The van der Waals surface area contributed by atoms with Crippen LogP contribution in [0.1, 0.15) is 10.4 Å². The SMILES string of the molecule is NC(=O)Nc1ccc(C(=O)Nc2ccc(F)c(F)c2)cc1. The van der Waals surface area contributed by atoms with Gasteiger partial charge in [-0.1, -0.05) is 0 Å². The number of primary amides is 1. The van der Waals surface area contributed by atoms with Gasteiger partial charge in [0.05, 0.1) is 0 Å². The third-order valence-electron chi connectivity index (χ3n) is 2.59. The van der Waals surface area contributed by atoms with E-state index in [0.717, 1.165) is 12.1 Å². The number of nitrogens with two attached hydrogens (primary N) is 1. The normalized spacial score (nSPS) is 10.0. The second-order valence-corrected chi connectivity index (χ2v) is 4.15. The quantitative estimate of drug-likeness (QED) is 0.812. The van der Waals surface area contributed by atoms with E-state index in [1.54, 1.807) is 0 Å². The fourth-order valence-corrected chi connectivity index (χ4v) is 1.62. The lowest BCUT2D eigenvalue weighted by Gasteiger charge is -2.07. The van der Waals surface area contributed by atoms with Gasteiger partial charge >= 0.3 is 6.03 Å². The minimum Gasteiger partial charge on any atom is -0.351 e.